The third-order valence-electron chi connectivity index (χ3n) is 6.04. The highest BCUT2D eigenvalue weighted by Gasteiger charge is 2.23. The van der Waals surface area contributed by atoms with E-state index in [9.17, 15) is 0 Å². The van der Waals surface area contributed by atoms with Gasteiger partial charge in [-0.25, -0.2) is 9.97 Å². The molecule has 1 aliphatic heterocycles. The van der Waals surface area contributed by atoms with Crippen LogP contribution in [-0.4, -0.2) is 23.1 Å². The zero-order valence-electron chi connectivity index (χ0n) is 17.1. The Hall–Kier alpha value is -2.62. The first-order chi connectivity index (χ1) is 15.2. The van der Waals surface area contributed by atoms with Gasteiger partial charge in [0.1, 0.15) is 5.82 Å². The molecule has 0 spiro atoms. The van der Waals surface area contributed by atoms with E-state index in [-0.39, 0.29) is 0 Å². The largest absolute Gasteiger partial charge is 0.356 e. The molecule has 156 valence electrons. The molecule has 1 saturated heterocycles. The van der Waals surface area contributed by atoms with Crippen LogP contribution in [-0.2, 0) is 6.42 Å². The van der Waals surface area contributed by atoms with E-state index in [2.05, 4.69) is 47.4 Å². The van der Waals surface area contributed by atoms with Crippen LogP contribution in [0.1, 0.15) is 18.4 Å². The Morgan fingerprint density at radius 2 is 1.55 bits per heavy atom. The molecule has 0 radical (unpaired) electrons. The summed E-state index contributed by atoms with van der Waals surface area (Å²) in [5.41, 5.74) is 3.25. The molecule has 5 rings (SSSR count). The molecule has 5 heteroatoms. The molecule has 0 N–H and O–H groups in total. The standard InChI is InChI=1S/C26H23Cl2N3/c27-22-11-10-20(17-23(22)28)25-29-24-9-5-4-8-21(24)26(30-25)31-14-12-19(13-15-31)16-18-6-2-1-3-7-18/h1-11,17,19H,12-16H2. The van der Waals surface area contributed by atoms with E-state index in [0.717, 1.165) is 54.6 Å². The molecule has 31 heavy (non-hydrogen) atoms. The molecule has 3 nitrogen and oxygen atoms in total. The molecular formula is C26H23Cl2N3. The maximum absolute atomic E-state index is 6.26. The van der Waals surface area contributed by atoms with Gasteiger partial charge >= 0.3 is 0 Å². The van der Waals surface area contributed by atoms with Crippen molar-refractivity contribution in [3.05, 3.63) is 88.4 Å². The Labute approximate surface area is 192 Å². The maximum Gasteiger partial charge on any atom is 0.162 e. The van der Waals surface area contributed by atoms with Gasteiger partial charge in [0.25, 0.3) is 0 Å². The summed E-state index contributed by atoms with van der Waals surface area (Å²) >= 11 is 12.4. The highest BCUT2D eigenvalue weighted by atomic mass is 35.5. The molecule has 1 aromatic heterocycles. The van der Waals surface area contributed by atoms with Crippen molar-refractivity contribution in [1.82, 2.24) is 9.97 Å². The van der Waals surface area contributed by atoms with E-state index in [1.54, 1.807) is 6.07 Å². The molecule has 1 fully saturated rings. The number of para-hydroxylation sites is 1. The van der Waals surface area contributed by atoms with Crippen LogP contribution in [0.4, 0.5) is 5.82 Å². The van der Waals surface area contributed by atoms with Crippen molar-refractivity contribution < 1.29 is 0 Å². The van der Waals surface area contributed by atoms with Gasteiger partial charge in [0.2, 0.25) is 0 Å². The van der Waals surface area contributed by atoms with Gasteiger partial charge in [-0.2, -0.15) is 0 Å². The van der Waals surface area contributed by atoms with E-state index in [4.69, 9.17) is 33.2 Å². The molecule has 4 aromatic rings. The summed E-state index contributed by atoms with van der Waals surface area (Å²) < 4.78 is 0. The number of piperidine rings is 1. The van der Waals surface area contributed by atoms with Gasteiger partial charge in [-0.1, -0.05) is 65.7 Å². The average molecular weight is 448 g/mol. The van der Waals surface area contributed by atoms with Crippen LogP contribution in [0.5, 0.6) is 0 Å². The molecule has 2 heterocycles. The van der Waals surface area contributed by atoms with Crippen LogP contribution < -0.4 is 4.90 Å². The van der Waals surface area contributed by atoms with Crippen LogP contribution in [0, 0.1) is 5.92 Å². The lowest BCUT2D eigenvalue weighted by molar-refractivity contribution is 0.403. The lowest BCUT2D eigenvalue weighted by Crippen LogP contribution is -2.35. The molecular weight excluding hydrogens is 425 g/mol. The van der Waals surface area contributed by atoms with E-state index >= 15 is 0 Å². The summed E-state index contributed by atoms with van der Waals surface area (Å²) in [6.07, 6.45) is 3.47. The summed E-state index contributed by atoms with van der Waals surface area (Å²) in [7, 11) is 0. The third-order valence-corrected chi connectivity index (χ3v) is 6.78. The lowest BCUT2D eigenvalue weighted by atomic mass is 9.90. The number of hydrogen-bond acceptors (Lipinski definition) is 3. The highest BCUT2D eigenvalue weighted by Crippen LogP contribution is 2.33. The number of rotatable bonds is 4. The monoisotopic (exact) mass is 447 g/mol. The second-order valence-electron chi connectivity index (χ2n) is 8.14. The Morgan fingerprint density at radius 3 is 2.32 bits per heavy atom. The van der Waals surface area contributed by atoms with Crippen LogP contribution in [0.15, 0.2) is 72.8 Å². The maximum atomic E-state index is 6.26. The van der Waals surface area contributed by atoms with Crippen LogP contribution >= 0.6 is 23.2 Å². The SMILES string of the molecule is Clc1ccc(-c2nc(N3CCC(Cc4ccccc4)CC3)c3ccccc3n2)cc1Cl. The number of benzene rings is 3. The fraction of sp³-hybridized carbons (Fsp3) is 0.231. The van der Waals surface area contributed by atoms with Crippen LogP contribution in [0.3, 0.4) is 0 Å². The minimum absolute atomic E-state index is 0.513. The van der Waals surface area contributed by atoms with E-state index in [1.807, 2.05) is 24.3 Å². The lowest BCUT2D eigenvalue weighted by Gasteiger charge is -2.33. The molecule has 0 atom stereocenters. The van der Waals surface area contributed by atoms with Crippen molar-refractivity contribution >= 4 is 39.9 Å². The molecule has 0 bridgehead atoms. The summed E-state index contributed by atoms with van der Waals surface area (Å²) in [4.78, 5) is 12.2. The first kappa shape index (κ1) is 20.3. The minimum atomic E-state index is 0.513. The summed E-state index contributed by atoms with van der Waals surface area (Å²) in [5.74, 6) is 2.39. The van der Waals surface area contributed by atoms with E-state index < -0.39 is 0 Å². The number of nitrogens with zero attached hydrogens (tertiary/aromatic N) is 3. The normalized spacial score (nSPS) is 14.8. The number of hydrogen-bond donors (Lipinski definition) is 0. The van der Waals surface area contributed by atoms with E-state index in [0.29, 0.717) is 21.8 Å². The molecule has 0 saturated carbocycles. The van der Waals surface area contributed by atoms with Crippen molar-refractivity contribution in [3.8, 4) is 11.4 Å². The van der Waals surface area contributed by atoms with Crippen molar-refractivity contribution in [3.63, 3.8) is 0 Å². The average Bonchev–Trinajstić information content (AvgIpc) is 2.81. The zero-order valence-corrected chi connectivity index (χ0v) is 18.7. The van der Waals surface area contributed by atoms with Crippen molar-refractivity contribution in [2.75, 3.05) is 18.0 Å². The Kier molecular flexibility index (Phi) is 5.80. The second-order valence-corrected chi connectivity index (χ2v) is 8.95. The van der Waals surface area contributed by atoms with Gasteiger partial charge in [-0.15, -0.1) is 0 Å². The van der Waals surface area contributed by atoms with Crippen molar-refractivity contribution in [2.45, 2.75) is 19.3 Å². The predicted molar refractivity (Wildman–Crippen MR) is 130 cm³/mol. The van der Waals surface area contributed by atoms with Crippen molar-refractivity contribution in [2.24, 2.45) is 5.92 Å². The number of fused-ring (bicyclic) bond motifs is 1. The quantitative estimate of drug-likeness (QED) is 0.335. The smallest absolute Gasteiger partial charge is 0.162 e. The first-order valence-corrected chi connectivity index (χ1v) is 11.4. The molecule has 0 unspecified atom stereocenters. The number of anilines is 1. The van der Waals surface area contributed by atoms with Gasteiger partial charge in [0, 0.05) is 24.0 Å². The first-order valence-electron chi connectivity index (χ1n) is 10.7. The van der Waals surface area contributed by atoms with Gasteiger partial charge < -0.3 is 4.90 Å². The molecule has 0 amide bonds. The fourth-order valence-electron chi connectivity index (χ4n) is 4.36. The summed E-state index contributed by atoms with van der Waals surface area (Å²) in [6, 6.07) is 24.6. The number of halogens is 2. The highest BCUT2D eigenvalue weighted by molar-refractivity contribution is 6.42. The second kappa shape index (κ2) is 8.86. The van der Waals surface area contributed by atoms with Gasteiger partial charge in [0.15, 0.2) is 5.82 Å². The van der Waals surface area contributed by atoms with Gasteiger partial charge in [0.05, 0.1) is 15.6 Å². The minimum Gasteiger partial charge on any atom is -0.356 e. The van der Waals surface area contributed by atoms with Gasteiger partial charge in [-0.3, -0.25) is 0 Å². The molecule has 3 aromatic carbocycles. The Balaban J connectivity index is 1.43. The predicted octanol–water partition coefficient (Wildman–Crippen LogP) is 7.06. The summed E-state index contributed by atoms with van der Waals surface area (Å²) in [6.45, 7) is 2.00. The zero-order chi connectivity index (χ0) is 21.2. The Morgan fingerprint density at radius 1 is 0.806 bits per heavy atom. The summed E-state index contributed by atoms with van der Waals surface area (Å²) in [5, 5.41) is 2.14. The van der Waals surface area contributed by atoms with E-state index in [1.165, 1.54) is 5.56 Å². The van der Waals surface area contributed by atoms with Crippen LogP contribution in [0.25, 0.3) is 22.3 Å². The fourth-order valence-corrected chi connectivity index (χ4v) is 4.66. The molecule has 0 aliphatic carbocycles. The van der Waals surface area contributed by atoms with Gasteiger partial charge in [-0.05, 0) is 61.1 Å². The van der Waals surface area contributed by atoms with Crippen LogP contribution in [0.2, 0.25) is 10.0 Å². The molecule has 1 aliphatic rings. The number of aromatic nitrogens is 2. The topological polar surface area (TPSA) is 29.0 Å². The Bertz CT molecular complexity index is 1200. The van der Waals surface area contributed by atoms with Crippen molar-refractivity contribution in [1.29, 1.82) is 0 Å². The third kappa shape index (κ3) is 4.39.